The summed E-state index contributed by atoms with van der Waals surface area (Å²) in [5.74, 6) is 0.660. The Morgan fingerprint density at radius 3 is 3.22 bits per heavy atom. The minimum atomic E-state index is 0.292. The van der Waals surface area contributed by atoms with Gasteiger partial charge in [0.15, 0.2) is 0 Å². The van der Waals surface area contributed by atoms with Crippen LogP contribution >= 0.6 is 0 Å². The van der Waals surface area contributed by atoms with E-state index >= 15 is 0 Å². The van der Waals surface area contributed by atoms with E-state index in [4.69, 9.17) is 0 Å². The van der Waals surface area contributed by atoms with E-state index in [0.717, 1.165) is 19.4 Å². The summed E-state index contributed by atoms with van der Waals surface area (Å²) in [6.45, 7) is 3.60. The Morgan fingerprint density at radius 2 is 2.44 bits per heavy atom. The van der Waals surface area contributed by atoms with Gasteiger partial charge in [0.1, 0.15) is 5.78 Å². The molecule has 0 aliphatic carbocycles. The third kappa shape index (κ3) is 1.79. The van der Waals surface area contributed by atoms with Crippen LogP contribution in [0.15, 0.2) is 0 Å². The molecule has 9 heavy (non-hydrogen) atoms. The van der Waals surface area contributed by atoms with Crippen LogP contribution in [0.5, 0.6) is 0 Å². The van der Waals surface area contributed by atoms with Crippen molar-refractivity contribution in [1.29, 1.82) is 0 Å². The van der Waals surface area contributed by atoms with Gasteiger partial charge in [0.2, 0.25) is 0 Å². The molecule has 0 aromatic rings. The fourth-order valence-electron chi connectivity index (χ4n) is 1.08. The fourth-order valence-corrected chi connectivity index (χ4v) is 1.08. The maximum Gasteiger partial charge on any atom is 0.149 e. The second-order valence-electron chi connectivity index (χ2n) is 2.69. The molecule has 0 amide bonds. The summed E-state index contributed by atoms with van der Waals surface area (Å²) < 4.78 is 0. The van der Waals surface area contributed by atoms with Crippen molar-refractivity contribution < 1.29 is 4.79 Å². The summed E-state index contributed by atoms with van der Waals surface area (Å²) in [6, 6.07) is 0. The molecule has 0 aromatic carbocycles. The van der Waals surface area contributed by atoms with Gasteiger partial charge in [-0.25, -0.2) is 0 Å². The lowest BCUT2D eigenvalue weighted by molar-refractivity contribution is -0.121. The van der Waals surface area contributed by atoms with Crippen LogP contribution in [-0.4, -0.2) is 18.9 Å². The maximum atomic E-state index is 11.0. The molecule has 2 nitrogen and oxygen atoms in total. The second-order valence-corrected chi connectivity index (χ2v) is 2.69. The molecule has 1 aliphatic heterocycles. The SMILES string of the molecule is CC1CCCNCC1=O. The molecule has 0 spiro atoms. The van der Waals surface area contributed by atoms with Crippen molar-refractivity contribution in [3.05, 3.63) is 0 Å². The molecule has 0 radical (unpaired) electrons. The van der Waals surface area contributed by atoms with E-state index in [-0.39, 0.29) is 0 Å². The number of rotatable bonds is 0. The van der Waals surface area contributed by atoms with E-state index in [1.807, 2.05) is 6.92 Å². The van der Waals surface area contributed by atoms with Gasteiger partial charge in [-0.15, -0.1) is 0 Å². The first kappa shape index (κ1) is 6.75. The highest BCUT2D eigenvalue weighted by Gasteiger charge is 2.14. The first-order valence-corrected chi connectivity index (χ1v) is 3.54. The number of carbonyl (C=O) groups excluding carboxylic acids is 1. The van der Waals surface area contributed by atoms with Crippen molar-refractivity contribution in [1.82, 2.24) is 5.32 Å². The second kappa shape index (κ2) is 2.97. The average molecular weight is 127 g/mol. The lowest BCUT2D eigenvalue weighted by Crippen LogP contribution is -2.23. The third-order valence-corrected chi connectivity index (χ3v) is 1.84. The van der Waals surface area contributed by atoms with Gasteiger partial charge in [0.25, 0.3) is 0 Å². The maximum absolute atomic E-state index is 11.0. The van der Waals surface area contributed by atoms with Crippen LogP contribution in [0, 0.1) is 5.92 Å². The number of hydrogen-bond donors (Lipinski definition) is 1. The molecule has 1 saturated heterocycles. The van der Waals surface area contributed by atoms with Crippen LogP contribution in [-0.2, 0) is 4.79 Å². The Balaban J connectivity index is 2.41. The Kier molecular flexibility index (Phi) is 2.22. The van der Waals surface area contributed by atoms with Gasteiger partial charge in [-0.3, -0.25) is 4.79 Å². The molecule has 0 saturated carbocycles. The van der Waals surface area contributed by atoms with Crippen LogP contribution in [0.3, 0.4) is 0 Å². The minimum Gasteiger partial charge on any atom is -0.310 e. The Morgan fingerprint density at radius 1 is 1.67 bits per heavy atom. The highest BCUT2D eigenvalue weighted by Crippen LogP contribution is 2.07. The topological polar surface area (TPSA) is 29.1 Å². The largest absolute Gasteiger partial charge is 0.310 e. The molecular weight excluding hydrogens is 114 g/mol. The van der Waals surface area contributed by atoms with Crippen LogP contribution in [0.4, 0.5) is 0 Å². The van der Waals surface area contributed by atoms with Crippen LogP contribution in [0.1, 0.15) is 19.8 Å². The molecule has 1 heterocycles. The van der Waals surface area contributed by atoms with Crippen molar-refractivity contribution >= 4 is 5.78 Å². The highest BCUT2D eigenvalue weighted by molar-refractivity contribution is 5.82. The summed E-state index contributed by atoms with van der Waals surface area (Å²) >= 11 is 0. The summed E-state index contributed by atoms with van der Waals surface area (Å²) in [4.78, 5) is 11.0. The van der Waals surface area contributed by atoms with Crippen LogP contribution in [0.2, 0.25) is 0 Å². The fraction of sp³-hybridized carbons (Fsp3) is 0.857. The standard InChI is InChI=1S/C7H13NO/c1-6-3-2-4-8-5-7(6)9/h6,8H,2-5H2,1H3. The van der Waals surface area contributed by atoms with Gasteiger partial charge in [-0.05, 0) is 19.4 Å². The summed E-state index contributed by atoms with van der Waals surface area (Å²) in [6.07, 6.45) is 2.21. The van der Waals surface area contributed by atoms with Crippen molar-refractivity contribution in [3.8, 4) is 0 Å². The van der Waals surface area contributed by atoms with Gasteiger partial charge >= 0.3 is 0 Å². The molecule has 1 fully saturated rings. The monoisotopic (exact) mass is 127 g/mol. The van der Waals surface area contributed by atoms with E-state index in [0.29, 0.717) is 18.2 Å². The van der Waals surface area contributed by atoms with Crippen LogP contribution in [0.25, 0.3) is 0 Å². The summed E-state index contributed by atoms with van der Waals surface area (Å²) in [5.41, 5.74) is 0. The number of Topliss-reactive ketones (excluding diaryl/α,β-unsaturated/α-hetero) is 1. The first-order valence-electron chi connectivity index (χ1n) is 3.54. The van der Waals surface area contributed by atoms with Gasteiger partial charge in [0.05, 0.1) is 6.54 Å². The predicted molar refractivity (Wildman–Crippen MR) is 36.3 cm³/mol. The zero-order chi connectivity index (χ0) is 6.69. The Bertz CT molecular complexity index is 111. The summed E-state index contributed by atoms with van der Waals surface area (Å²) in [5, 5.41) is 3.08. The highest BCUT2D eigenvalue weighted by atomic mass is 16.1. The lowest BCUT2D eigenvalue weighted by Gasteiger charge is -2.01. The quantitative estimate of drug-likeness (QED) is 0.515. The average Bonchev–Trinajstić information content (AvgIpc) is 1.99. The van der Waals surface area contributed by atoms with Crippen molar-refractivity contribution in [2.24, 2.45) is 5.92 Å². The van der Waals surface area contributed by atoms with Gasteiger partial charge < -0.3 is 5.32 Å². The normalized spacial score (nSPS) is 29.9. The molecule has 0 bridgehead atoms. The number of hydrogen-bond acceptors (Lipinski definition) is 2. The van der Waals surface area contributed by atoms with Gasteiger partial charge in [0, 0.05) is 5.92 Å². The van der Waals surface area contributed by atoms with E-state index in [1.165, 1.54) is 0 Å². The lowest BCUT2D eigenvalue weighted by atomic mass is 10.0. The molecule has 1 N–H and O–H groups in total. The van der Waals surface area contributed by atoms with Crippen molar-refractivity contribution in [2.75, 3.05) is 13.1 Å². The smallest absolute Gasteiger partial charge is 0.149 e. The Labute approximate surface area is 55.6 Å². The minimum absolute atomic E-state index is 0.292. The zero-order valence-corrected chi connectivity index (χ0v) is 5.81. The first-order chi connectivity index (χ1) is 4.30. The molecule has 52 valence electrons. The van der Waals surface area contributed by atoms with E-state index in [1.54, 1.807) is 0 Å². The number of ketones is 1. The van der Waals surface area contributed by atoms with Crippen LogP contribution < -0.4 is 5.32 Å². The molecular formula is C7H13NO. The van der Waals surface area contributed by atoms with E-state index in [2.05, 4.69) is 5.32 Å². The van der Waals surface area contributed by atoms with Gasteiger partial charge in [-0.1, -0.05) is 6.92 Å². The van der Waals surface area contributed by atoms with Gasteiger partial charge in [-0.2, -0.15) is 0 Å². The molecule has 1 atom stereocenters. The van der Waals surface area contributed by atoms with E-state index in [9.17, 15) is 4.79 Å². The number of nitrogens with one attached hydrogen (secondary N) is 1. The molecule has 1 unspecified atom stereocenters. The van der Waals surface area contributed by atoms with E-state index < -0.39 is 0 Å². The van der Waals surface area contributed by atoms with Crippen molar-refractivity contribution in [2.45, 2.75) is 19.8 Å². The zero-order valence-electron chi connectivity index (χ0n) is 5.81. The predicted octanol–water partition coefficient (Wildman–Crippen LogP) is 0.575. The van der Waals surface area contributed by atoms with Crippen molar-refractivity contribution in [3.63, 3.8) is 0 Å². The number of carbonyl (C=O) groups is 1. The molecule has 0 aromatic heterocycles. The molecule has 2 heteroatoms. The third-order valence-electron chi connectivity index (χ3n) is 1.84. The Hall–Kier alpha value is -0.370. The molecule has 1 rings (SSSR count). The summed E-state index contributed by atoms with van der Waals surface area (Å²) in [7, 11) is 0. The molecule has 1 aliphatic rings.